The molecule has 3 aromatic rings. The molecule has 0 saturated carbocycles. The van der Waals surface area contributed by atoms with E-state index in [4.69, 9.17) is 0 Å². The summed E-state index contributed by atoms with van der Waals surface area (Å²) in [6.07, 6.45) is 5.28. The Morgan fingerprint density at radius 2 is 2.00 bits per heavy atom. The van der Waals surface area contributed by atoms with Gasteiger partial charge in [0.15, 0.2) is 5.82 Å². The van der Waals surface area contributed by atoms with E-state index in [0.29, 0.717) is 18.7 Å². The number of aromatic nitrogens is 4. The first kappa shape index (κ1) is 20.0. The van der Waals surface area contributed by atoms with Crippen molar-refractivity contribution in [3.8, 4) is 0 Å². The summed E-state index contributed by atoms with van der Waals surface area (Å²) >= 11 is 0. The van der Waals surface area contributed by atoms with E-state index in [1.54, 1.807) is 6.07 Å². The molecule has 0 radical (unpaired) electrons. The van der Waals surface area contributed by atoms with Gasteiger partial charge in [-0.3, -0.25) is 9.48 Å². The summed E-state index contributed by atoms with van der Waals surface area (Å²) in [5.74, 6) is 1.22. The molecule has 0 spiro atoms. The number of hydrogen-bond donors (Lipinski definition) is 1. The number of fused-ring (bicyclic) bond motifs is 1. The van der Waals surface area contributed by atoms with E-state index in [0.717, 1.165) is 40.4 Å². The van der Waals surface area contributed by atoms with E-state index in [2.05, 4.69) is 20.4 Å². The number of nitrogens with one attached hydrogen (secondary N) is 1. The first-order chi connectivity index (χ1) is 14.3. The Hall–Kier alpha value is -3.29. The van der Waals surface area contributed by atoms with Crippen LogP contribution in [0.1, 0.15) is 35.1 Å². The SMILES string of the molecule is Cc1cc(F)ccc1Cn1cc(CCc2nc(C)c3c(n2)N(C)[C@@H](C)C(=O)N3)cn1. The molecule has 4 rings (SSSR count). The molecule has 1 aliphatic heterocycles. The van der Waals surface area contributed by atoms with Crippen LogP contribution in [0.5, 0.6) is 0 Å². The highest BCUT2D eigenvalue weighted by Crippen LogP contribution is 2.31. The van der Waals surface area contributed by atoms with Crippen molar-refractivity contribution in [3.63, 3.8) is 0 Å². The second kappa shape index (κ2) is 7.85. The first-order valence-corrected chi connectivity index (χ1v) is 9.99. The van der Waals surface area contributed by atoms with Crippen molar-refractivity contribution in [1.82, 2.24) is 19.7 Å². The Morgan fingerprint density at radius 1 is 1.20 bits per heavy atom. The number of nitrogens with zero attached hydrogens (tertiary/aromatic N) is 5. The molecule has 1 aromatic carbocycles. The van der Waals surface area contributed by atoms with Crippen LogP contribution in [0.15, 0.2) is 30.6 Å². The summed E-state index contributed by atoms with van der Waals surface area (Å²) in [7, 11) is 1.87. The topological polar surface area (TPSA) is 75.9 Å². The quantitative estimate of drug-likeness (QED) is 0.702. The second-order valence-corrected chi connectivity index (χ2v) is 7.82. The van der Waals surface area contributed by atoms with Gasteiger partial charge in [0.1, 0.15) is 23.4 Å². The third-order valence-electron chi connectivity index (χ3n) is 5.62. The lowest BCUT2D eigenvalue weighted by molar-refractivity contribution is -0.117. The molecule has 0 aliphatic carbocycles. The monoisotopic (exact) mass is 408 g/mol. The molecular formula is C22H25FN6O. The van der Waals surface area contributed by atoms with Crippen molar-refractivity contribution in [2.45, 2.75) is 46.2 Å². The molecule has 3 heterocycles. The summed E-state index contributed by atoms with van der Waals surface area (Å²) in [5, 5.41) is 7.33. The van der Waals surface area contributed by atoms with Crippen LogP contribution >= 0.6 is 0 Å². The summed E-state index contributed by atoms with van der Waals surface area (Å²) < 4.78 is 15.2. The van der Waals surface area contributed by atoms with E-state index in [1.807, 2.05) is 49.8 Å². The molecule has 0 saturated heterocycles. The van der Waals surface area contributed by atoms with Crippen LogP contribution in [0.3, 0.4) is 0 Å². The Kier molecular flexibility index (Phi) is 5.24. The minimum absolute atomic E-state index is 0.0479. The third kappa shape index (κ3) is 3.90. The number of aryl methyl sites for hydroxylation is 4. The highest BCUT2D eigenvalue weighted by Gasteiger charge is 2.30. The molecule has 7 nitrogen and oxygen atoms in total. The van der Waals surface area contributed by atoms with Crippen LogP contribution in [-0.2, 0) is 24.2 Å². The molecule has 1 atom stereocenters. The van der Waals surface area contributed by atoms with Crippen LogP contribution < -0.4 is 10.2 Å². The zero-order chi connectivity index (χ0) is 21.4. The fourth-order valence-electron chi connectivity index (χ4n) is 3.60. The van der Waals surface area contributed by atoms with Crippen LogP contribution in [-0.4, -0.2) is 38.7 Å². The van der Waals surface area contributed by atoms with Gasteiger partial charge in [-0.25, -0.2) is 14.4 Å². The summed E-state index contributed by atoms with van der Waals surface area (Å²) in [4.78, 5) is 23.2. The predicted octanol–water partition coefficient (Wildman–Crippen LogP) is 3.04. The molecule has 1 aliphatic rings. The molecule has 2 aromatic heterocycles. The van der Waals surface area contributed by atoms with E-state index < -0.39 is 0 Å². The highest BCUT2D eigenvalue weighted by atomic mass is 19.1. The fourth-order valence-corrected chi connectivity index (χ4v) is 3.60. The van der Waals surface area contributed by atoms with Crippen LogP contribution in [0, 0.1) is 19.7 Å². The van der Waals surface area contributed by atoms with Gasteiger partial charge in [-0.1, -0.05) is 6.07 Å². The number of hydrogen-bond acceptors (Lipinski definition) is 5. The molecule has 8 heteroatoms. The number of rotatable bonds is 5. The van der Waals surface area contributed by atoms with Gasteiger partial charge < -0.3 is 10.2 Å². The van der Waals surface area contributed by atoms with Crippen molar-refractivity contribution >= 4 is 17.4 Å². The minimum atomic E-state index is -0.271. The normalized spacial score (nSPS) is 15.8. The summed E-state index contributed by atoms with van der Waals surface area (Å²) in [5.41, 5.74) is 4.49. The smallest absolute Gasteiger partial charge is 0.246 e. The molecule has 0 unspecified atom stereocenters. The van der Waals surface area contributed by atoms with Crippen molar-refractivity contribution in [3.05, 3.63) is 64.6 Å². The predicted molar refractivity (Wildman–Crippen MR) is 113 cm³/mol. The molecule has 0 bridgehead atoms. The zero-order valence-corrected chi connectivity index (χ0v) is 17.6. The van der Waals surface area contributed by atoms with Crippen molar-refractivity contribution in [2.24, 2.45) is 0 Å². The van der Waals surface area contributed by atoms with E-state index >= 15 is 0 Å². The van der Waals surface area contributed by atoms with Crippen LogP contribution in [0.2, 0.25) is 0 Å². The van der Waals surface area contributed by atoms with E-state index in [1.165, 1.54) is 12.1 Å². The molecule has 1 amide bonds. The van der Waals surface area contributed by atoms with Crippen LogP contribution in [0.4, 0.5) is 15.9 Å². The number of anilines is 2. The Labute approximate surface area is 175 Å². The van der Waals surface area contributed by atoms with Gasteiger partial charge in [0, 0.05) is 19.7 Å². The largest absolute Gasteiger partial charge is 0.346 e. The number of carbonyl (C=O) groups is 1. The van der Waals surface area contributed by atoms with Crippen molar-refractivity contribution in [2.75, 3.05) is 17.3 Å². The summed E-state index contributed by atoms with van der Waals surface area (Å²) in [6.45, 7) is 6.24. The Bertz CT molecular complexity index is 1110. The van der Waals surface area contributed by atoms with Gasteiger partial charge in [-0.15, -0.1) is 0 Å². The third-order valence-corrected chi connectivity index (χ3v) is 5.62. The number of benzene rings is 1. The van der Waals surface area contributed by atoms with Crippen molar-refractivity contribution in [1.29, 1.82) is 0 Å². The Balaban J connectivity index is 1.46. The number of amides is 1. The lowest BCUT2D eigenvalue weighted by Crippen LogP contribution is -2.45. The molecule has 30 heavy (non-hydrogen) atoms. The van der Waals surface area contributed by atoms with E-state index in [9.17, 15) is 9.18 Å². The number of likely N-dealkylation sites (N-methyl/N-ethyl adjacent to an activating group) is 1. The second-order valence-electron chi connectivity index (χ2n) is 7.82. The lowest BCUT2D eigenvalue weighted by Gasteiger charge is -2.32. The van der Waals surface area contributed by atoms with Gasteiger partial charge in [0.05, 0.1) is 18.4 Å². The lowest BCUT2D eigenvalue weighted by atomic mass is 10.1. The van der Waals surface area contributed by atoms with Gasteiger partial charge in [-0.05, 0) is 56.0 Å². The number of halogens is 1. The maximum Gasteiger partial charge on any atom is 0.246 e. The molecule has 156 valence electrons. The van der Waals surface area contributed by atoms with E-state index in [-0.39, 0.29) is 17.8 Å². The summed E-state index contributed by atoms with van der Waals surface area (Å²) in [6, 6.07) is 4.54. The number of carbonyl (C=O) groups excluding carboxylic acids is 1. The standard InChI is InChI=1S/C22H25FN6O/c1-13-9-18(23)7-6-17(13)12-29-11-16(10-24-29)5-8-19-25-14(2)20-21(26-19)28(4)15(3)22(30)27-20/h6-7,9-11,15H,5,8,12H2,1-4H3,(H,27,30)/t15-/m0/s1. The molecule has 1 N–H and O–H groups in total. The molecule has 0 fully saturated rings. The first-order valence-electron chi connectivity index (χ1n) is 9.99. The Morgan fingerprint density at radius 3 is 2.77 bits per heavy atom. The minimum Gasteiger partial charge on any atom is -0.346 e. The van der Waals surface area contributed by atoms with Gasteiger partial charge in [0.2, 0.25) is 5.91 Å². The average Bonchev–Trinajstić information content (AvgIpc) is 3.15. The van der Waals surface area contributed by atoms with Gasteiger partial charge in [0.25, 0.3) is 0 Å². The van der Waals surface area contributed by atoms with Gasteiger partial charge in [-0.2, -0.15) is 5.10 Å². The van der Waals surface area contributed by atoms with Gasteiger partial charge >= 0.3 is 0 Å². The molecular weight excluding hydrogens is 383 g/mol. The fraction of sp³-hybridized carbons (Fsp3) is 0.364. The maximum absolute atomic E-state index is 13.3. The average molecular weight is 408 g/mol. The van der Waals surface area contributed by atoms with Crippen molar-refractivity contribution < 1.29 is 9.18 Å². The zero-order valence-electron chi connectivity index (χ0n) is 17.6. The van der Waals surface area contributed by atoms with Crippen LogP contribution in [0.25, 0.3) is 0 Å². The maximum atomic E-state index is 13.3. The highest BCUT2D eigenvalue weighted by molar-refractivity contribution is 6.02.